The van der Waals surface area contributed by atoms with Gasteiger partial charge in [-0.3, -0.25) is 4.68 Å². The number of alkyl halides is 2. The summed E-state index contributed by atoms with van der Waals surface area (Å²) < 4.78 is 48.2. The van der Waals surface area contributed by atoms with E-state index < -0.39 is 6.29 Å². The minimum Gasteiger partial charge on any atom is -0.487 e. The molecule has 8 nitrogen and oxygen atoms in total. The van der Waals surface area contributed by atoms with Crippen LogP contribution in [0.3, 0.4) is 0 Å². The highest BCUT2D eigenvalue weighted by atomic mass is 19.3. The summed E-state index contributed by atoms with van der Waals surface area (Å²) in [5.41, 5.74) is 2.52. The van der Waals surface area contributed by atoms with Crippen molar-refractivity contribution in [3.63, 3.8) is 0 Å². The monoisotopic (exact) mass is 480 g/mol. The van der Waals surface area contributed by atoms with E-state index in [1.165, 1.54) is 24.0 Å². The Kier molecular flexibility index (Phi) is 6.42. The van der Waals surface area contributed by atoms with Gasteiger partial charge in [0.25, 0.3) is 0 Å². The van der Waals surface area contributed by atoms with Crippen molar-refractivity contribution >= 4 is 12.2 Å². The number of oxazole rings is 1. The molecule has 0 atom stereocenters. The van der Waals surface area contributed by atoms with E-state index in [2.05, 4.69) is 36.9 Å². The zero-order valence-electron chi connectivity index (χ0n) is 18.6. The summed E-state index contributed by atoms with van der Waals surface area (Å²) in [4.78, 5) is 4.36. The maximum atomic E-state index is 13.1. The minimum atomic E-state index is -3.64. The van der Waals surface area contributed by atoms with Crippen LogP contribution < -0.4 is 14.2 Å². The van der Waals surface area contributed by atoms with Crippen LogP contribution in [0, 0.1) is 0 Å². The van der Waals surface area contributed by atoms with Crippen molar-refractivity contribution < 1.29 is 27.4 Å². The van der Waals surface area contributed by atoms with Gasteiger partial charge in [0.15, 0.2) is 11.5 Å². The Balaban J connectivity index is 1.08. The van der Waals surface area contributed by atoms with Crippen LogP contribution in [0.25, 0.3) is 12.2 Å². The highest BCUT2D eigenvalue weighted by Gasteiger charge is 2.43. The molecule has 0 unspecified atom stereocenters. The number of halogens is 2. The number of fused-ring (bicyclic) bond motifs is 1. The van der Waals surface area contributed by atoms with Gasteiger partial charge in [0.2, 0.25) is 5.89 Å². The zero-order valence-corrected chi connectivity index (χ0v) is 18.6. The molecule has 1 aliphatic heterocycles. The van der Waals surface area contributed by atoms with Crippen molar-refractivity contribution in [1.29, 1.82) is 0 Å². The molecule has 0 saturated heterocycles. The molecule has 0 N–H and O–H groups in total. The molecule has 1 aliphatic rings. The molecule has 0 saturated carbocycles. The van der Waals surface area contributed by atoms with Gasteiger partial charge in [0, 0.05) is 18.8 Å². The largest absolute Gasteiger partial charge is 0.586 e. The summed E-state index contributed by atoms with van der Waals surface area (Å²) in [6.45, 7) is 1.12. The number of hydrogen-bond donors (Lipinski definition) is 0. The van der Waals surface area contributed by atoms with Crippen LogP contribution in [0.2, 0.25) is 0 Å². The van der Waals surface area contributed by atoms with E-state index in [9.17, 15) is 8.78 Å². The van der Waals surface area contributed by atoms with E-state index in [0.717, 1.165) is 31.6 Å². The highest BCUT2D eigenvalue weighted by molar-refractivity contribution is 5.68. The Morgan fingerprint density at radius 2 is 1.86 bits per heavy atom. The molecule has 0 fully saturated rings. The number of aromatic nitrogens is 4. The Bertz CT molecular complexity index is 1290. The molecule has 10 heteroatoms. The Morgan fingerprint density at radius 1 is 1.00 bits per heavy atom. The molecule has 35 heavy (non-hydrogen) atoms. The summed E-state index contributed by atoms with van der Waals surface area (Å²) in [7, 11) is 0. The van der Waals surface area contributed by atoms with Gasteiger partial charge in [-0.15, -0.1) is 13.9 Å². The van der Waals surface area contributed by atoms with Gasteiger partial charge in [0.1, 0.15) is 24.3 Å². The minimum absolute atomic E-state index is 0.00102. The van der Waals surface area contributed by atoms with Gasteiger partial charge in [0.05, 0.1) is 6.20 Å². The van der Waals surface area contributed by atoms with E-state index in [0.29, 0.717) is 17.1 Å². The van der Waals surface area contributed by atoms with Crippen LogP contribution in [-0.2, 0) is 19.6 Å². The molecule has 2 aromatic carbocycles. The van der Waals surface area contributed by atoms with Crippen molar-refractivity contribution in [3.05, 3.63) is 83.8 Å². The number of unbranched alkanes of at least 4 members (excludes halogenated alkanes) is 1. The normalized spacial score (nSPS) is 14.0. The average Bonchev–Trinajstić information content (AvgIpc) is 3.59. The van der Waals surface area contributed by atoms with Crippen molar-refractivity contribution in [2.24, 2.45) is 0 Å². The first-order chi connectivity index (χ1) is 17.0. The predicted octanol–water partition coefficient (Wildman–Crippen LogP) is 5.36. The number of hydrogen-bond acceptors (Lipinski definition) is 7. The van der Waals surface area contributed by atoms with Crippen LogP contribution >= 0.6 is 0 Å². The van der Waals surface area contributed by atoms with Gasteiger partial charge in [-0.1, -0.05) is 23.4 Å². The quantitative estimate of drug-likeness (QED) is 0.283. The molecule has 0 bridgehead atoms. The first-order valence-electron chi connectivity index (χ1n) is 11.1. The standard InChI is InChI=1S/C25H22F2N4O4/c26-25(27)34-22-10-6-19(15-23(22)35-25)7-11-24-29-20(17-33-24)16-32-21-8-4-18(5-9-21)3-1-2-13-31-14-12-28-30-31/h4-12,14-15,17H,1-3,13,16H2/b11-7+. The van der Waals surface area contributed by atoms with E-state index >= 15 is 0 Å². The van der Waals surface area contributed by atoms with Crippen molar-refractivity contribution in [2.75, 3.05) is 0 Å². The van der Waals surface area contributed by atoms with Crippen LogP contribution in [-0.4, -0.2) is 26.3 Å². The molecule has 3 heterocycles. The second kappa shape index (κ2) is 9.96. The molecule has 0 amide bonds. The fraction of sp³-hybridized carbons (Fsp3) is 0.240. The zero-order chi connectivity index (χ0) is 24.1. The maximum Gasteiger partial charge on any atom is 0.586 e. The predicted molar refractivity (Wildman–Crippen MR) is 122 cm³/mol. The van der Waals surface area contributed by atoms with Crippen LogP contribution in [0.5, 0.6) is 17.2 Å². The summed E-state index contributed by atoms with van der Waals surface area (Å²) >= 11 is 0. The van der Waals surface area contributed by atoms with Crippen molar-refractivity contribution in [3.8, 4) is 17.2 Å². The fourth-order valence-corrected chi connectivity index (χ4v) is 3.57. The number of ether oxygens (including phenoxy) is 3. The summed E-state index contributed by atoms with van der Waals surface area (Å²) in [5.74, 6) is 1.09. The van der Waals surface area contributed by atoms with Crippen LogP contribution in [0.4, 0.5) is 8.78 Å². The number of benzene rings is 2. The molecule has 0 radical (unpaired) electrons. The van der Waals surface area contributed by atoms with Gasteiger partial charge in [-0.05, 0) is 60.7 Å². The maximum absolute atomic E-state index is 13.1. The van der Waals surface area contributed by atoms with Crippen molar-refractivity contribution in [2.45, 2.75) is 38.7 Å². The second-order valence-corrected chi connectivity index (χ2v) is 7.94. The number of rotatable bonds is 10. The molecule has 0 aliphatic carbocycles. The molecular formula is C25H22F2N4O4. The molecule has 0 spiro atoms. The lowest BCUT2D eigenvalue weighted by molar-refractivity contribution is -0.286. The molecule has 4 aromatic rings. The topological polar surface area (TPSA) is 84.4 Å². The number of aryl methyl sites for hydroxylation is 2. The van der Waals surface area contributed by atoms with Gasteiger partial charge < -0.3 is 18.6 Å². The average molecular weight is 480 g/mol. The first kappa shape index (κ1) is 22.6. The molecule has 2 aromatic heterocycles. The third-order valence-corrected chi connectivity index (χ3v) is 5.30. The lowest BCUT2D eigenvalue weighted by atomic mass is 10.1. The first-order valence-corrected chi connectivity index (χ1v) is 11.1. The van der Waals surface area contributed by atoms with E-state index in [4.69, 9.17) is 9.15 Å². The number of nitrogens with zero attached hydrogens (tertiary/aromatic N) is 4. The summed E-state index contributed by atoms with van der Waals surface area (Å²) in [5, 5.41) is 7.76. The van der Waals surface area contributed by atoms with Crippen molar-refractivity contribution in [1.82, 2.24) is 20.0 Å². The van der Waals surface area contributed by atoms with E-state index in [1.807, 2.05) is 23.0 Å². The lowest BCUT2D eigenvalue weighted by Gasteiger charge is -2.06. The second-order valence-electron chi connectivity index (χ2n) is 7.94. The summed E-state index contributed by atoms with van der Waals surface area (Å²) in [6.07, 6.45) is 7.83. The van der Waals surface area contributed by atoms with Crippen LogP contribution in [0.1, 0.15) is 35.6 Å². The Labute approximate surface area is 199 Å². The smallest absolute Gasteiger partial charge is 0.487 e. The molecular weight excluding hydrogens is 458 g/mol. The van der Waals surface area contributed by atoms with Gasteiger partial charge in [-0.2, -0.15) is 0 Å². The van der Waals surface area contributed by atoms with E-state index in [1.54, 1.807) is 24.4 Å². The summed E-state index contributed by atoms with van der Waals surface area (Å²) in [6, 6.07) is 12.5. The Morgan fingerprint density at radius 3 is 2.69 bits per heavy atom. The third kappa shape index (κ3) is 6.03. The molecule has 180 valence electrons. The fourth-order valence-electron chi connectivity index (χ4n) is 3.57. The van der Waals surface area contributed by atoms with Crippen LogP contribution in [0.15, 0.2) is 65.5 Å². The highest BCUT2D eigenvalue weighted by Crippen LogP contribution is 2.41. The SMILES string of the molecule is FC1(F)Oc2ccc(/C=C/c3nc(COc4ccc(CCCCn5ccnn5)cc4)co3)cc2O1. The Hall–Kier alpha value is -4.21. The van der Waals surface area contributed by atoms with Gasteiger partial charge in [-0.25, -0.2) is 4.98 Å². The van der Waals surface area contributed by atoms with E-state index in [-0.39, 0.29) is 18.1 Å². The molecule has 5 rings (SSSR count). The third-order valence-electron chi connectivity index (χ3n) is 5.30. The lowest BCUT2D eigenvalue weighted by Crippen LogP contribution is -2.25. The van der Waals surface area contributed by atoms with Gasteiger partial charge >= 0.3 is 6.29 Å².